The SMILES string of the molecule is CC(Cl)CCC(C)(C)Cl. The van der Waals surface area contributed by atoms with Gasteiger partial charge in [-0.1, -0.05) is 0 Å². The van der Waals surface area contributed by atoms with Crippen molar-refractivity contribution < 1.29 is 0 Å². The summed E-state index contributed by atoms with van der Waals surface area (Å²) in [6.45, 7) is 6.01. The van der Waals surface area contributed by atoms with Crippen molar-refractivity contribution in [2.75, 3.05) is 0 Å². The number of rotatable bonds is 3. The van der Waals surface area contributed by atoms with Crippen LogP contribution < -0.4 is 0 Å². The Morgan fingerprint density at radius 3 is 2.00 bits per heavy atom. The minimum atomic E-state index is -0.0802. The van der Waals surface area contributed by atoms with Gasteiger partial charge in [0.15, 0.2) is 0 Å². The molecule has 0 aromatic rings. The van der Waals surface area contributed by atoms with E-state index in [-0.39, 0.29) is 10.3 Å². The van der Waals surface area contributed by atoms with E-state index in [1.807, 2.05) is 20.8 Å². The molecule has 0 aromatic heterocycles. The van der Waals surface area contributed by atoms with Crippen LogP contribution in [-0.2, 0) is 0 Å². The Morgan fingerprint density at radius 1 is 1.44 bits per heavy atom. The summed E-state index contributed by atoms with van der Waals surface area (Å²) in [4.78, 5) is -0.0802. The largest absolute Gasteiger partial charge is 0.123 e. The molecule has 0 amide bonds. The highest BCUT2D eigenvalue weighted by atomic mass is 35.5. The first kappa shape index (κ1) is 9.58. The van der Waals surface area contributed by atoms with E-state index >= 15 is 0 Å². The number of hydrogen-bond acceptors (Lipinski definition) is 0. The lowest BCUT2D eigenvalue weighted by Gasteiger charge is -2.15. The molecule has 1 atom stereocenters. The Hall–Kier alpha value is 0.580. The maximum absolute atomic E-state index is 5.92. The van der Waals surface area contributed by atoms with Crippen LogP contribution in [0.3, 0.4) is 0 Å². The molecule has 0 aliphatic rings. The van der Waals surface area contributed by atoms with Crippen LogP contribution in [-0.4, -0.2) is 10.3 Å². The first-order chi connectivity index (χ1) is 3.92. The van der Waals surface area contributed by atoms with Gasteiger partial charge in [0, 0.05) is 10.3 Å². The van der Waals surface area contributed by atoms with Gasteiger partial charge in [0.2, 0.25) is 0 Å². The van der Waals surface area contributed by atoms with Gasteiger partial charge in [0.25, 0.3) is 0 Å². The molecule has 0 radical (unpaired) electrons. The Bertz CT molecular complexity index is 71.5. The predicted octanol–water partition coefficient (Wildman–Crippen LogP) is 3.41. The Morgan fingerprint density at radius 2 is 1.89 bits per heavy atom. The van der Waals surface area contributed by atoms with Crippen molar-refractivity contribution in [1.29, 1.82) is 0 Å². The molecule has 0 spiro atoms. The summed E-state index contributed by atoms with van der Waals surface area (Å²) >= 11 is 11.6. The highest BCUT2D eigenvalue weighted by Gasteiger charge is 2.13. The zero-order valence-electron chi connectivity index (χ0n) is 6.25. The molecular formula is C7H14Cl2. The van der Waals surface area contributed by atoms with Gasteiger partial charge in [0.05, 0.1) is 0 Å². The number of halogens is 2. The molecule has 0 aliphatic heterocycles. The van der Waals surface area contributed by atoms with Crippen LogP contribution in [0.4, 0.5) is 0 Å². The van der Waals surface area contributed by atoms with Gasteiger partial charge in [-0.25, -0.2) is 0 Å². The molecule has 0 fully saturated rings. The summed E-state index contributed by atoms with van der Waals surface area (Å²) in [6.07, 6.45) is 1.98. The first-order valence-corrected chi connectivity index (χ1v) is 4.06. The minimum absolute atomic E-state index is 0.0802. The van der Waals surface area contributed by atoms with Crippen molar-refractivity contribution in [3.63, 3.8) is 0 Å². The molecule has 0 saturated carbocycles. The van der Waals surface area contributed by atoms with Crippen LogP contribution in [0.1, 0.15) is 33.6 Å². The van der Waals surface area contributed by atoms with Gasteiger partial charge < -0.3 is 0 Å². The monoisotopic (exact) mass is 168 g/mol. The molecule has 0 N–H and O–H groups in total. The van der Waals surface area contributed by atoms with E-state index in [1.165, 1.54) is 0 Å². The molecule has 56 valence electrons. The van der Waals surface area contributed by atoms with E-state index in [9.17, 15) is 0 Å². The Labute approximate surface area is 67.5 Å². The maximum atomic E-state index is 5.92. The Kier molecular flexibility index (Phi) is 3.91. The minimum Gasteiger partial charge on any atom is -0.123 e. The van der Waals surface area contributed by atoms with E-state index in [0.717, 1.165) is 12.8 Å². The second kappa shape index (κ2) is 3.68. The van der Waals surface area contributed by atoms with E-state index in [1.54, 1.807) is 0 Å². The molecule has 0 rings (SSSR count). The lowest BCUT2D eigenvalue weighted by molar-refractivity contribution is 0.587. The maximum Gasteiger partial charge on any atom is 0.0391 e. The third kappa shape index (κ3) is 8.58. The smallest absolute Gasteiger partial charge is 0.0391 e. The van der Waals surface area contributed by atoms with Crippen LogP contribution in [0.15, 0.2) is 0 Å². The second-order valence-corrected chi connectivity index (χ2v) is 4.81. The lowest BCUT2D eigenvalue weighted by Crippen LogP contribution is -2.11. The normalized spacial score (nSPS) is 15.7. The van der Waals surface area contributed by atoms with Crippen molar-refractivity contribution in [2.24, 2.45) is 0 Å². The Balaban J connectivity index is 3.28. The topological polar surface area (TPSA) is 0 Å². The van der Waals surface area contributed by atoms with E-state index in [0.29, 0.717) is 0 Å². The fourth-order valence-electron chi connectivity index (χ4n) is 0.542. The third-order valence-electron chi connectivity index (χ3n) is 1.14. The summed E-state index contributed by atoms with van der Waals surface area (Å²) in [5.41, 5.74) is 0. The molecule has 1 unspecified atom stereocenters. The standard InChI is InChI=1S/C7H14Cl2/c1-6(8)4-5-7(2,3)9/h6H,4-5H2,1-3H3. The summed E-state index contributed by atoms with van der Waals surface area (Å²) in [5.74, 6) is 0. The summed E-state index contributed by atoms with van der Waals surface area (Å²) < 4.78 is 0. The molecule has 0 aliphatic carbocycles. The summed E-state index contributed by atoms with van der Waals surface area (Å²) in [5, 5.41) is 0.253. The fraction of sp³-hybridized carbons (Fsp3) is 1.00. The van der Waals surface area contributed by atoms with Crippen LogP contribution in [0.5, 0.6) is 0 Å². The average molecular weight is 169 g/mol. The van der Waals surface area contributed by atoms with Crippen molar-refractivity contribution in [3.05, 3.63) is 0 Å². The molecule has 0 heterocycles. The van der Waals surface area contributed by atoms with Gasteiger partial charge in [-0.2, -0.15) is 0 Å². The van der Waals surface area contributed by atoms with Crippen molar-refractivity contribution in [2.45, 2.75) is 43.9 Å². The van der Waals surface area contributed by atoms with E-state index < -0.39 is 0 Å². The van der Waals surface area contributed by atoms with Gasteiger partial charge in [0.1, 0.15) is 0 Å². The summed E-state index contributed by atoms with van der Waals surface area (Å²) in [7, 11) is 0. The molecular weight excluding hydrogens is 155 g/mol. The van der Waals surface area contributed by atoms with Gasteiger partial charge in [-0.15, -0.1) is 23.2 Å². The zero-order chi connectivity index (χ0) is 7.49. The summed E-state index contributed by atoms with van der Waals surface area (Å²) in [6, 6.07) is 0. The quantitative estimate of drug-likeness (QED) is 0.568. The van der Waals surface area contributed by atoms with Crippen molar-refractivity contribution in [3.8, 4) is 0 Å². The molecule has 2 heteroatoms. The molecule has 0 saturated heterocycles. The molecule has 0 bridgehead atoms. The van der Waals surface area contributed by atoms with Crippen LogP contribution in [0.2, 0.25) is 0 Å². The fourth-order valence-corrected chi connectivity index (χ4v) is 0.760. The molecule has 9 heavy (non-hydrogen) atoms. The van der Waals surface area contributed by atoms with Gasteiger partial charge >= 0.3 is 0 Å². The number of alkyl halides is 2. The van der Waals surface area contributed by atoms with E-state index in [2.05, 4.69) is 0 Å². The van der Waals surface area contributed by atoms with Crippen molar-refractivity contribution >= 4 is 23.2 Å². The number of hydrogen-bond donors (Lipinski definition) is 0. The van der Waals surface area contributed by atoms with E-state index in [4.69, 9.17) is 23.2 Å². The first-order valence-electron chi connectivity index (χ1n) is 3.25. The zero-order valence-corrected chi connectivity index (χ0v) is 7.76. The second-order valence-electron chi connectivity index (χ2n) is 3.04. The van der Waals surface area contributed by atoms with Crippen LogP contribution in [0.25, 0.3) is 0 Å². The lowest BCUT2D eigenvalue weighted by atomic mass is 10.1. The average Bonchev–Trinajstić information content (AvgIpc) is 1.59. The van der Waals surface area contributed by atoms with Gasteiger partial charge in [-0.3, -0.25) is 0 Å². The highest BCUT2D eigenvalue weighted by Crippen LogP contribution is 2.21. The highest BCUT2D eigenvalue weighted by molar-refractivity contribution is 6.23. The third-order valence-corrected chi connectivity index (χ3v) is 1.54. The predicted molar refractivity (Wildman–Crippen MR) is 44.5 cm³/mol. The van der Waals surface area contributed by atoms with Crippen LogP contribution >= 0.6 is 23.2 Å². The molecule has 0 nitrogen and oxygen atoms in total. The van der Waals surface area contributed by atoms with Gasteiger partial charge in [-0.05, 0) is 33.6 Å². The molecule has 0 aromatic carbocycles. The van der Waals surface area contributed by atoms with Crippen LogP contribution in [0, 0.1) is 0 Å². The van der Waals surface area contributed by atoms with Crippen molar-refractivity contribution in [1.82, 2.24) is 0 Å².